The molecular formula is C28H26ClN5O. The van der Waals surface area contributed by atoms with Crippen molar-refractivity contribution in [1.29, 1.82) is 0 Å². The van der Waals surface area contributed by atoms with E-state index < -0.39 is 0 Å². The molecule has 0 saturated carbocycles. The molecule has 35 heavy (non-hydrogen) atoms. The van der Waals surface area contributed by atoms with Gasteiger partial charge >= 0.3 is 0 Å². The molecule has 0 aliphatic carbocycles. The van der Waals surface area contributed by atoms with Crippen LogP contribution >= 0.6 is 11.6 Å². The van der Waals surface area contributed by atoms with Crippen molar-refractivity contribution < 1.29 is 4.79 Å². The van der Waals surface area contributed by atoms with Gasteiger partial charge in [0, 0.05) is 34.9 Å². The Kier molecular flexibility index (Phi) is 6.64. The normalized spacial score (nSPS) is 14.6. The van der Waals surface area contributed by atoms with Gasteiger partial charge in [0.15, 0.2) is 0 Å². The van der Waals surface area contributed by atoms with Crippen LogP contribution in [-0.4, -0.2) is 31.3 Å². The summed E-state index contributed by atoms with van der Waals surface area (Å²) in [6, 6.07) is 26.2. The number of halogens is 1. The van der Waals surface area contributed by atoms with Gasteiger partial charge in [0.25, 0.3) is 5.91 Å². The van der Waals surface area contributed by atoms with Gasteiger partial charge in [-0.2, -0.15) is 0 Å². The summed E-state index contributed by atoms with van der Waals surface area (Å²) in [6.07, 6.45) is 5.04. The van der Waals surface area contributed by atoms with Crippen LogP contribution in [0.25, 0.3) is 16.6 Å². The molecule has 1 atom stereocenters. The molecule has 0 radical (unpaired) electrons. The standard InChI is InChI=1S/C22H20ClN5O.C6H6/c1-14-2-7-21-15(8-14)9-18-4-3-16(11-28(18)21)26-22(29)19-6-5-17(10-20(19)23)27-12-24-25-13-27;1-2-4-6-5-3-1/h2,5-10,12-13,16H,3-4,11H2,1H3,(H,26,29);1-6H/t16-;/m1./s1. The Bertz CT molecular complexity index is 1420. The lowest BCUT2D eigenvalue weighted by molar-refractivity contribution is 0.0928. The summed E-state index contributed by atoms with van der Waals surface area (Å²) in [5.74, 6) is -0.147. The second-order valence-electron chi connectivity index (χ2n) is 8.71. The van der Waals surface area contributed by atoms with Gasteiger partial charge in [0.2, 0.25) is 0 Å². The first kappa shape index (κ1) is 22.9. The molecule has 1 N–H and O–H groups in total. The Morgan fingerprint density at radius 1 is 0.971 bits per heavy atom. The van der Waals surface area contributed by atoms with E-state index in [-0.39, 0.29) is 11.9 Å². The van der Waals surface area contributed by atoms with Crippen molar-refractivity contribution >= 4 is 28.4 Å². The Labute approximate surface area is 209 Å². The molecule has 6 rings (SSSR count). The number of aryl methyl sites for hydroxylation is 2. The third-order valence-corrected chi connectivity index (χ3v) is 6.52. The minimum absolute atomic E-state index is 0.0699. The summed E-state index contributed by atoms with van der Waals surface area (Å²) in [6.45, 7) is 2.88. The van der Waals surface area contributed by atoms with Crippen LogP contribution in [0, 0.1) is 6.92 Å². The van der Waals surface area contributed by atoms with E-state index in [0.717, 1.165) is 25.1 Å². The van der Waals surface area contributed by atoms with E-state index in [1.54, 1.807) is 29.4 Å². The SMILES string of the molecule is Cc1ccc2c(c1)cc1n2C[C@H](NC(=O)c2ccc(-n3cnnc3)cc2Cl)CC1.c1ccccc1. The first-order valence-corrected chi connectivity index (χ1v) is 12.0. The van der Waals surface area contributed by atoms with Crippen molar-refractivity contribution in [3.63, 3.8) is 0 Å². The van der Waals surface area contributed by atoms with E-state index in [1.807, 2.05) is 42.5 Å². The number of fused-ring (bicyclic) bond motifs is 3. The first-order valence-electron chi connectivity index (χ1n) is 11.6. The van der Waals surface area contributed by atoms with Crippen molar-refractivity contribution in [2.24, 2.45) is 0 Å². The second kappa shape index (κ2) is 10.2. The maximum Gasteiger partial charge on any atom is 0.253 e. The van der Waals surface area contributed by atoms with Gasteiger partial charge in [-0.05, 0) is 56.2 Å². The summed E-state index contributed by atoms with van der Waals surface area (Å²) < 4.78 is 4.06. The number of benzene rings is 3. The molecule has 1 aliphatic heterocycles. The largest absolute Gasteiger partial charge is 0.347 e. The number of hydrogen-bond donors (Lipinski definition) is 1. The van der Waals surface area contributed by atoms with E-state index in [2.05, 4.69) is 51.3 Å². The molecule has 2 aromatic heterocycles. The highest BCUT2D eigenvalue weighted by molar-refractivity contribution is 6.34. The van der Waals surface area contributed by atoms with Gasteiger partial charge in [-0.3, -0.25) is 9.36 Å². The fourth-order valence-corrected chi connectivity index (χ4v) is 4.71. The number of aromatic nitrogens is 4. The van der Waals surface area contributed by atoms with Crippen LogP contribution < -0.4 is 5.32 Å². The Morgan fingerprint density at radius 3 is 2.37 bits per heavy atom. The van der Waals surface area contributed by atoms with E-state index in [4.69, 9.17) is 11.6 Å². The van der Waals surface area contributed by atoms with Crippen LogP contribution in [0.5, 0.6) is 0 Å². The van der Waals surface area contributed by atoms with Gasteiger partial charge in [0.05, 0.1) is 10.6 Å². The number of carbonyl (C=O) groups excluding carboxylic acids is 1. The monoisotopic (exact) mass is 483 g/mol. The highest BCUT2D eigenvalue weighted by atomic mass is 35.5. The van der Waals surface area contributed by atoms with Gasteiger partial charge in [0.1, 0.15) is 12.7 Å². The van der Waals surface area contributed by atoms with E-state index >= 15 is 0 Å². The molecular weight excluding hydrogens is 458 g/mol. The molecule has 1 aliphatic rings. The van der Waals surface area contributed by atoms with Crippen LogP contribution in [0.1, 0.15) is 28.0 Å². The molecule has 7 heteroatoms. The summed E-state index contributed by atoms with van der Waals surface area (Å²) >= 11 is 6.40. The summed E-state index contributed by atoms with van der Waals surface area (Å²) in [5.41, 5.74) is 5.10. The third kappa shape index (κ3) is 5.12. The topological polar surface area (TPSA) is 64.7 Å². The quantitative estimate of drug-likeness (QED) is 0.362. The lowest BCUT2D eigenvalue weighted by atomic mass is 10.0. The lowest BCUT2D eigenvalue weighted by Gasteiger charge is -2.26. The zero-order chi connectivity index (χ0) is 24.2. The Morgan fingerprint density at radius 2 is 1.69 bits per heavy atom. The molecule has 5 aromatic rings. The number of carbonyl (C=O) groups is 1. The van der Waals surface area contributed by atoms with Crippen molar-refractivity contribution in [3.8, 4) is 5.69 Å². The zero-order valence-corrected chi connectivity index (χ0v) is 20.2. The number of amides is 1. The van der Waals surface area contributed by atoms with Crippen molar-refractivity contribution in [1.82, 2.24) is 24.6 Å². The van der Waals surface area contributed by atoms with Crippen LogP contribution in [0.2, 0.25) is 5.02 Å². The van der Waals surface area contributed by atoms with Crippen molar-refractivity contribution in [3.05, 3.63) is 113 Å². The predicted octanol–water partition coefficient (Wildman–Crippen LogP) is 5.62. The van der Waals surface area contributed by atoms with Crippen LogP contribution in [-0.2, 0) is 13.0 Å². The van der Waals surface area contributed by atoms with Crippen LogP contribution in [0.15, 0.2) is 91.5 Å². The van der Waals surface area contributed by atoms with Gasteiger partial charge in [-0.25, -0.2) is 0 Å². The van der Waals surface area contributed by atoms with E-state index in [1.165, 1.54) is 22.2 Å². The second-order valence-corrected chi connectivity index (χ2v) is 9.11. The van der Waals surface area contributed by atoms with Gasteiger partial charge < -0.3 is 9.88 Å². The average molecular weight is 484 g/mol. The molecule has 0 unspecified atom stereocenters. The van der Waals surface area contributed by atoms with Crippen LogP contribution in [0.3, 0.4) is 0 Å². The maximum atomic E-state index is 12.9. The molecule has 0 saturated heterocycles. The minimum Gasteiger partial charge on any atom is -0.347 e. The molecule has 1 amide bonds. The van der Waals surface area contributed by atoms with Gasteiger partial charge in [-0.15, -0.1) is 10.2 Å². The fourth-order valence-electron chi connectivity index (χ4n) is 4.45. The van der Waals surface area contributed by atoms with Gasteiger partial charge in [-0.1, -0.05) is 59.6 Å². The van der Waals surface area contributed by atoms with E-state index in [9.17, 15) is 4.79 Å². The van der Waals surface area contributed by atoms with Crippen molar-refractivity contribution in [2.75, 3.05) is 0 Å². The molecule has 3 heterocycles. The van der Waals surface area contributed by atoms with E-state index in [0.29, 0.717) is 10.6 Å². The number of nitrogens with zero attached hydrogens (tertiary/aromatic N) is 4. The first-order chi connectivity index (χ1) is 17.1. The smallest absolute Gasteiger partial charge is 0.253 e. The highest BCUT2D eigenvalue weighted by Gasteiger charge is 2.23. The zero-order valence-electron chi connectivity index (χ0n) is 19.4. The maximum absolute atomic E-state index is 12.9. The molecule has 0 spiro atoms. The molecule has 6 nitrogen and oxygen atoms in total. The predicted molar refractivity (Wildman–Crippen MR) is 139 cm³/mol. The Hall–Kier alpha value is -3.90. The third-order valence-electron chi connectivity index (χ3n) is 6.21. The molecule has 3 aromatic carbocycles. The molecule has 0 fully saturated rings. The molecule has 0 bridgehead atoms. The van der Waals surface area contributed by atoms with Crippen LogP contribution in [0.4, 0.5) is 0 Å². The molecule has 176 valence electrons. The average Bonchev–Trinajstić information content (AvgIpc) is 3.53. The highest BCUT2D eigenvalue weighted by Crippen LogP contribution is 2.27. The number of nitrogens with one attached hydrogen (secondary N) is 1. The Balaban J connectivity index is 0.000000371. The lowest BCUT2D eigenvalue weighted by Crippen LogP contribution is -2.40. The number of hydrogen-bond acceptors (Lipinski definition) is 3. The summed E-state index contributed by atoms with van der Waals surface area (Å²) in [4.78, 5) is 12.9. The number of rotatable bonds is 3. The fraction of sp³-hybridized carbons (Fsp3) is 0.179. The minimum atomic E-state index is -0.147. The summed E-state index contributed by atoms with van der Waals surface area (Å²) in [5, 5.41) is 12.4. The van der Waals surface area contributed by atoms with Crippen molar-refractivity contribution in [2.45, 2.75) is 32.4 Å². The summed E-state index contributed by atoms with van der Waals surface area (Å²) in [7, 11) is 0.